The Morgan fingerprint density at radius 2 is 1.64 bits per heavy atom. The molecule has 0 fully saturated rings. The van der Waals surface area contributed by atoms with E-state index in [-0.39, 0.29) is 6.54 Å². The summed E-state index contributed by atoms with van der Waals surface area (Å²) in [4.78, 5) is 0. The van der Waals surface area contributed by atoms with Gasteiger partial charge in [-0.05, 0) is 17.2 Å². The second-order valence-corrected chi connectivity index (χ2v) is 7.15. The highest BCUT2D eigenvalue weighted by Gasteiger charge is 2.19. The Kier molecular flexibility index (Phi) is 5.60. The predicted molar refractivity (Wildman–Crippen MR) is 96.7 cm³/mol. The maximum Gasteiger partial charge on any atom is 0.277 e. The molecule has 2 aromatic carbocycles. The Hall–Kier alpha value is -2.48. The second kappa shape index (κ2) is 8.06. The van der Waals surface area contributed by atoms with Crippen LogP contribution in [0.1, 0.15) is 17.2 Å². The minimum Gasteiger partial charge on any atom is -0.271 e. The summed E-state index contributed by atoms with van der Waals surface area (Å²) in [5, 5.41) is 4.17. The molecule has 0 saturated heterocycles. The van der Waals surface area contributed by atoms with Crippen molar-refractivity contribution in [3.05, 3.63) is 90.3 Å². The average Bonchev–Trinajstić information content (AvgIpc) is 3.14. The van der Waals surface area contributed by atoms with Gasteiger partial charge in [0.15, 0.2) is 0 Å². The molecule has 0 radical (unpaired) electrons. The number of hydrogen-bond acceptors (Lipinski definition) is 3. The summed E-state index contributed by atoms with van der Waals surface area (Å²) in [5.74, 6) is 0. The summed E-state index contributed by atoms with van der Waals surface area (Å²) in [6.45, 7) is 0.642. The van der Waals surface area contributed by atoms with Crippen molar-refractivity contribution < 1.29 is 8.42 Å². The first kappa shape index (κ1) is 17.3. The van der Waals surface area contributed by atoms with Gasteiger partial charge in [-0.3, -0.25) is 4.68 Å². The van der Waals surface area contributed by atoms with Crippen LogP contribution in [-0.4, -0.2) is 18.2 Å². The van der Waals surface area contributed by atoms with Crippen LogP contribution in [0.2, 0.25) is 0 Å². The number of benzene rings is 2. The summed E-state index contributed by atoms with van der Waals surface area (Å²) >= 11 is 0. The molecule has 1 heterocycles. The number of aromatic nitrogens is 2. The molecule has 1 atom stereocenters. The zero-order valence-electron chi connectivity index (χ0n) is 13.6. The Balaban J connectivity index is 1.72. The lowest BCUT2D eigenvalue weighted by molar-refractivity contribution is 0.478. The van der Waals surface area contributed by atoms with Crippen LogP contribution in [0.25, 0.3) is 0 Å². The van der Waals surface area contributed by atoms with Gasteiger partial charge in [0.25, 0.3) is 10.2 Å². The van der Waals surface area contributed by atoms with Gasteiger partial charge < -0.3 is 0 Å². The van der Waals surface area contributed by atoms with Crippen LogP contribution in [0.4, 0.5) is 0 Å². The molecule has 3 aromatic rings. The first-order valence-electron chi connectivity index (χ1n) is 7.95. The molecule has 0 aliphatic heterocycles. The van der Waals surface area contributed by atoms with E-state index in [2.05, 4.69) is 14.5 Å². The SMILES string of the molecule is O=S(=O)(NCc1ccccc1)N[C@H](Cn1cccn1)c1ccccc1. The van der Waals surface area contributed by atoms with E-state index in [1.807, 2.05) is 72.9 Å². The lowest BCUT2D eigenvalue weighted by Crippen LogP contribution is -2.40. The first-order valence-corrected chi connectivity index (χ1v) is 9.44. The molecular formula is C18H20N4O2S. The van der Waals surface area contributed by atoms with Gasteiger partial charge in [-0.2, -0.15) is 23.0 Å². The zero-order chi connectivity index (χ0) is 17.5. The van der Waals surface area contributed by atoms with Gasteiger partial charge in [0.2, 0.25) is 0 Å². The summed E-state index contributed by atoms with van der Waals surface area (Å²) in [6.07, 6.45) is 3.48. The molecule has 0 amide bonds. The van der Waals surface area contributed by atoms with Gasteiger partial charge in [-0.25, -0.2) is 0 Å². The molecule has 1 aromatic heterocycles. The van der Waals surface area contributed by atoms with Crippen molar-refractivity contribution in [3.8, 4) is 0 Å². The Bertz CT molecular complexity index is 866. The van der Waals surface area contributed by atoms with Crippen LogP contribution in [0, 0.1) is 0 Å². The number of nitrogens with one attached hydrogen (secondary N) is 2. The molecule has 0 saturated carbocycles. The third kappa shape index (κ3) is 5.25. The standard InChI is InChI=1S/C18H20N4O2S/c23-25(24,20-14-16-8-3-1-4-9-16)21-18(15-22-13-7-12-19-22)17-10-5-2-6-11-17/h1-13,18,20-21H,14-15H2/t18-/m1/s1. The highest BCUT2D eigenvalue weighted by atomic mass is 32.2. The van der Waals surface area contributed by atoms with Crippen molar-refractivity contribution in [3.63, 3.8) is 0 Å². The largest absolute Gasteiger partial charge is 0.277 e. The predicted octanol–water partition coefficient (Wildman–Crippen LogP) is 2.25. The highest BCUT2D eigenvalue weighted by Crippen LogP contribution is 2.15. The fourth-order valence-electron chi connectivity index (χ4n) is 2.49. The van der Waals surface area contributed by atoms with Crippen LogP contribution in [-0.2, 0) is 23.3 Å². The molecule has 6 nitrogen and oxygen atoms in total. The van der Waals surface area contributed by atoms with Crippen LogP contribution in [0.15, 0.2) is 79.1 Å². The first-order chi connectivity index (χ1) is 12.1. The summed E-state index contributed by atoms with van der Waals surface area (Å²) < 4.78 is 31.9. The maximum atomic E-state index is 12.5. The van der Waals surface area contributed by atoms with Crippen molar-refractivity contribution in [2.24, 2.45) is 0 Å². The minimum atomic E-state index is -3.67. The van der Waals surface area contributed by atoms with Crippen molar-refractivity contribution in [1.29, 1.82) is 0 Å². The molecule has 3 rings (SSSR count). The van der Waals surface area contributed by atoms with Gasteiger partial charge >= 0.3 is 0 Å². The van der Waals surface area contributed by atoms with Gasteiger partial charge in [0, 0.05) is 18.9 Å². The Labute approximate surface area is 147 Å². The molecule has 0 bridgehead atoms. The van der Waals surface area contributed by atoms with Crippen molar-refractivity contribution in [2.45, 2.75) is 19.1 Å². The summed E-state index contributed by atoms with van der Waals surface area (Å²) in [7, 11) is -3.67. The molecule has 130 valence electrons. The Morgan fingerprint density at radius 3 is 2.28 bits per heavy atom. The topological polar surface area (TPSA) is 76.0 Å². The maximum absolute atomic E-state index is 12.5. The molecule has 2 N–H and O–H groups in total. The third-order valence-corrected chi connectivity index (χ3v) is 4.86. The van der Waals surface area contributed by atoms with Crippen molar-refractivity contribution in [1.82, 2.24) is 19.2 Å². The van der Waals surface area contributed by atoms with E-state index in [0.717, 1.165) is 11.1 Å². The summed E-state index contributed by atoms with van der Waals surface area (Å²) in [5.41, 5.74) is 1.78. The van der Waals surface area contributed by atoms with E-state index in [1.54, 1.807) is 10.9 Å². The molecule has 0 aliphatic carbocycles. The van der Waals surface area contributed by atoms with E-state index in [0.29, 0.717) is 6.54 Å². The van der Waals surface area contributed by atoms with Gasteiger partial charge in [-0.15, -0.1) is 0 Å². The fourth-order valence-corrected chi connectivity index (χ4v) is 3.52. The van der Waals surface area contributed by atoms with E-state index < -0.39 is 16.3 Å². The van der Waals surface area contributed by atoms with E-state index >= 15 is 0 Å². The fraction of sp³-hybridized carbons (Fsp3) is 0.167. The summed E-state index contributed by atoms with van der Waals surface area (Å²) in [6, 6.07) is 20.3. The van der Waals surface area contributed by atoms with E-state index in [4.69, 9.17) is 0 Å². The van der Waals surface area contributed by atoms with Crippen LogP contribution in [0.5, 0.6) is 0 Å². The van der Waals surface area contributed by atoms with E-state index in [9.17, 15) is 8.42 Å². The smallest absolute Gasteiger partial charge is 0.271 e. The number of nitrogens with zero attached hydrogens (tertiary/aromatic N) is 2. The van der Waals surface area contributed by atoms with Crippen molar-refractivity contribution in [2.75, 3.05) is 0 Å². The number of hydrogen-bond donors (Lipinski definition) is 2. The van der Waals surface area contributed by atoms with E-state index in [1.165, 1.54) is 0 Å². The number of rotatable bonds is 8. The van der Waals surface area contributed by atoms with Crippen LogP contribution in [0.3, 0.4) is 0 Å². The molecule has 7 heteroatoms. The molecule has 0 unspecified atom stereocenters. The lowest BCUT2D eigenvalue weighted by atomic mass is 10.1. The monoisotopic (exact) mass is 356 g/mol. The highest BCUT2D eigenvalue weighted by molar-refractivity contribution is 7.87. The molecule has 0 spiro atoms. The lowest BCUT2D eigenvalue weighted by Gasteiger charge is -2.19. The van der Waals surface area contributed by atoms with Crippen molar-refractivity contribution >= 4 is 10.2 Å². The zero-order valence-corrected chi connectivity index (χ0v) is 14.4. The van der Waals surface area contributed by atoms with Gasteiger partial charge in [0.05, 0.1) is 12.6 Å². The molecule has 25 heavy (non-hydrogen) atoms. The minimum absolute atomic E-state index is 0.236. The van der Waals surface area contributed by atoms with Crippen LogP contribution >= 0.6 is 0 Å². The second-order valence-electron chi connectivity index (χ2n) is 5.62. The van der Waals surface area contributed by atoms with Gasteiger partial charge in [-0.1, -0.05) is 60.7 Å². The molecular weight excluding hydrogens is 336 g/mol. The third-order valence-electron chi connectivity index (χ3n) is 3.74. The van der Waals surface area contributed by atoms with Gasteiger partial charge in [0.1, 0.15) is 0 Å². The quantitative estimate of drug-likeness (QED) is 0.650. The average molecular weight is 356 g/mol. The molecule has 0 aliphatic rings. The Morgan fingerprint density at radius 1 is 0.960 bits per heavy atom. The van der Waals surface area contributed by atoms with Crippen LogP contribution < -0.4 is 9.44 Å². The normalized spacial score (nSPS) is 12.8.